The first-order valence-corrected chi connectivity index (χ1v) is 8.23. The molecule has 0 saturated heterocycles. The highest BCUT2D eigenvalue weighted by molar-refractivity contribution is 6.30. The van der Waals surface area contributed by atoms with Gasteiger partial charge in [-0.3, -0.25) is 4.79 Å². The molecule has 2 aromatic carbocycles. The molecule has 0 bridgehead atoms. The quantitative estimate of drug-likeness (QED) is 0.772. The van der Waals surface area contributed by atoms with E-state index in [0.29, 0.717) is 23.9 Å². The number of halogens is 1. The summed E-state index contributed by atoms with van der Waals surface area (Å²) < 4.78 is 11.2. The molecule has 0 aliphatic rings. The van der Waals surface area contributed by atoms with Crippen LogP contribution in [0.25, 0.3) is 0 Å². The minimum absolute atomic E-state index is 0.196. The zero-order chi connectivity index (χ0) is 17.5. The third-order valence-electron chi connectivity index (χ3n) is 3.63. The minimum atomic E-state index is -0.606. The van der Waals surface area contributed by atoms with Crippen molar-refractivity contribution < 1.29 is 14.3 Å². The Labute approximate surface area is 147 Å². The molecule has 0 unspecified atom stereocenters. The third kappa shape index (κ3) is 5.46. The van der Waals surface area contributed by atoms with Crippen LogP contribution < -0.4 is 14.8 Å². The Morgan fingerprint density at radius 2 is 1.92 bits per heavy atom. The normalized spacial score (nSPS) is 11.7. The van der Waals surface area contributed by atoms with Gasteiger partial charge in [0.15, 0.2) is 6.10 Å². The molecule has 0 aliphatic carbocycles. The molecule has 2 rings (SSSR count). The second-order valence-corrected chi connectivity index (χ2v) is 6.04. The number of amides is 1. The second-order valence-electron chi connectivity index (χ2n) is 5.60. The molecule has 128 valence electrons. The van der Waals surface area contributed by atoms with E-state index in [9.17, 15) is 4.79 Å². The molecule has 24 heavy (non-hydrogen) atoms. The van der Waals surface area contributed by atoms with Crippen LogP contribution in [0.1, 0.15) is 18.1 Å². The number of hydrogen-bond acceptors (Lipinski definition) is 3. The van der Waals surface area contributed by atoms with E-state index in [-0.39, 0.29) is 5.91 Å². The van der Waals surface area contributed by atoms with Gasteiger partial charge in [0.05, 0.1) is 6.54 Å². The van der Waals surface area contributed by atoms with Crippen LogP contribution in [0.15, 0.2) is 42.5 Å². The lowest BCUT2D eigenvalue weighted by Gasteiger charge is -2.15. The maximum atomic E-state index is 12.0. The van der Waals surface area contributed by atoms with E-state index in [1.54, 1.807) is 31.2 Å². The Hall–Kier alpha value is -2.20. The Morgan fingerprint density at radius 1 is 1.12 bits per heavy atom. The van der Waals surface area contributed by atoms with E-state index in [2.05, 4.69) is 12.2 Å². The highest BCUT2D eigenvalue weighted by atomic mass is 35.5. The topological polar surface area (TPSA) is 47.6 Å². The summed E-state index contributed by atoms with van der Waals surface area (Å²) in [5, 5.41) is 3.36. The molecule has 0 aliphatic heterocycles. The molecule has 4 nitrogen and oxygen atoms in total. The predicted octanol–water partition coefficient (Wildman–Crippen LogP) is 3.92. The zero-order valence-electron chi connectivity index (χ0n) is 14.1. The first-order valence-electron chi connectivity index (χ1n) is 7.85. The van der Waals surface area contributed by atoms with Gasteiger partial charge in [-0.15, -0.1) is 0 Å². The van der Waals surface area contributed by atoms with Crippen LogP contribution in [-0.4, -0.2) is 25.2 Å². The highest BCUT2D eigenvalue weighted by Gasteiger charge is 2.14. The number of ether oxygens (including phenoxy) is 2. The van der Waals surface area contributed by atoms with Gasteiger partial charge in [0, 0.05) is 5.02 Å². The molecular formula is C19H22ClNO3. The van der Waals surface area contributed by atoms with Crippen molar-refractivity contribution in [3.8, 4) is 11.5 Å². The fraction of sp³-hybridized carbons (Fsp3) is 0.316. The highest BCUT2D eigenvalue weighted by Crippen LogP contribution is 2.18. The SMILES string of the molecule is Cc1ccc(OCCNC(=O)[C@H](C)Oc2cccc(Cl)c2)cc1C. The smallest absolute Gasteiger partial charge is 0.260 e. The van der Waals surface area contributed by atoms with Crippen LogP contribution in [0.5, 0.6) is 11.5 Å². The number of aryl methyl sites for hydroxylation is 2. The van der Waals surface area contributed by atoms with Crippen molar-refractivity contribution in [2.75, 3.05) is 13.2 Å². The van der Waals surface area contributed by atoms with Crippen molar-refractivity contribution in [3.05, 3.63) is 58.6 Å². The standard InChI is InChI=1S/C19H22ClNO3/c1-13-7-8-17(11-14(13)2)23-10-9-21-19(22)15(3)24-18-6-4-5-16(20)12-18/h4-8,11-12,15H,9-10H2,1-3H3,(H,21,22)/t15-/m0/s1. The fourth-order valence-corrected chi connectivity index (χ4v) is 2.27. The number of nitrogens with one attached hydrogen (secondary N) is 1. The van der Waals surface area contributed by atoms with E-state index in [1.165, 1.54) is 11.1 Å². The van der Waals surface area contributed by atoms with E-state index in [0.717, 1.165) is 5.75 Å². The molecule has 0 spiro atoms. The summed E-state index contributed by atoms with van der Waals surface area (Å²) in [7, 11) is 0. The van der Waals surface area contributed by atoms with Crippen molar-refractivity contribution in [1.82, 2.24) is 5.32 Å². The van der Waals surface area contributed by atoms with Crippen LogP contribution in [0.4, 0.5) is 0 Å². The van der Waals surface area contributed by atoms with Crippen LogP contribution in [0, 0.1) is 13.8 Å². The molecule has 2 aromatic rings. The molecule has 0 heterocycles. The third-order valence-corrected chi connectivity index (χ3v) is 3.86. The number of carbonyl (C=O) groups is 1. The first kappa shape index (κ1) is 18.1. The van der Waals surface area contributed by atoms with Gasteiger partial charge in [0.25, 0.3) is 5.91 Å². The van der Waals surface area contributed by atoms with E-state index >= 15 is 0 Å². The van der Waals surface area contributed by atoms with E-state index < -0.39 is 6.10 Å². The number of benzene rings is 2. The lowest BCUT2D eigenvalue weighted by molar-refractivity contribution is -0.127. The van der Waals surface area contributed by atoms with Crippen molar-refractivity contribution in [2.45, 2.75) is 26.9 Å². The Morgan fingerprint density at radius 3 is 2.62 bits per heavy atom. The summed E-state index contributed by atoms with van der Waals surface area (Å²) >= 11 is 5.89. The fourth-order valence-electron chi connectivity index (χ4n) is 2.09. The van der Waals surface area contributed by atoms with E-state index in [1.807, 2.05) is 25.1 Å². The molecule has 0 aromatic heterocycles. The Balaban J connectivity index is 1.73. The predicted molar refractivity (Wildman–Crippen MR) is 96.0 cm³/mol. The molecular weight excluding hydrogens is 326 g/mol. The van der Waals surface area contributed by atoms with Crippen LogP contribution in [-0.2, 0) is 4.79 Å². The van der Waals surface area contributed by atoms with Crippen LogP contribution >= 0.6 is 11.6 Å². The van der Waals surface area contributed by atoms with Gasteiger partial charge in [0.1, 0.15) is 18.1 Å². The monoisotopic (exact) mass is 347 g/mol. The molecule has 1 amide bonds. The summed E-state index contributed by atoms with van der Waals surface area (Å²) in [6.45, 7) is 6.60. The summed E-state index contributed by atoms with van der Waals surface area (Å²) in [5.74, 6) is 1.17. The lowest BCUT2D eigenvalue weighted by Crippen LogP contribution is -2.38. The summed E-state index contributed by atoms with van der Waals surface area (Å²) in [6.07, 6.45) is -0.606. The number of carbonyl (C=O) groups excluding carboxylic acids is 1. The molecule has 1 atom stereocenters. The van der Waals surface area contributed by atoms with E-state index in [4.69, 9.17) is 21.1 Å². The van der Waals surface area contributed by atoms with Gasteiger partial charge in [-0.25, -0.2) is 0 Å². The molecule has 0 saturated carbocycles. The molecule has 5 heteroatoms. The van der Waals surface area contributed by atoms with Crippen molar-refractivity contribution >= 4 is 17.5 Å². The molecule has 0 fully saturated rings. The summed E-state index contributed by atoms with van der Waals surface area (Å²) in [5.41, 5.74) is 2.41. The van der Waals surface area contributed by atoms with Crippen molar-refractivity contribution in [1.29, 1.82) is 0 Å². The van der Waals surface area contributed by atoms with Crippen molar-refractivity contribution in [2.24, 2.45) is 0 Å². The van der Waals surface area contributed by atoms with Crippen LogP contribution in [0.2, 0.25) is 5.02 Å². The Kier molecular flexibility index (Phi) is 6.50. The van der Waals surface area contributed by atoms with Gasteiger partial charge in [-0.1, -0.05) is 23.7 Å². The maximum absolute atomic E-state index is 12.0. The number of rotatable bonds is 7. The van der Waals surface area contributed by atoms with Crippen LogP contribution in [0.3, 0.4) is 0 Å². The Bertz CT molecular complexity index is 703. The van der Waals surface area contributed by atoms with Crippen molar-refractivity contribution in [3.63, 3.8) is 0 Å². The first-order chi connectivity index (χ1) is 11.5. The summed E-state index contributed by atoms with van der Waals surface area (Å²) in [6, 6.07) is 12.9. The zero-order valence-corrected chi connectivity index (χ0v) is 14.9. The second kappa shape index (κ2) is 8.60. The molecule has 1 N–H and O–H groups in total. The van der Waals surface area contributed by atoms with Gasteiger partial charge in [-0.05, 0) is 62.2 Å². The largest absolute Gasteiger partial charge is 0.492 e. The average Bonchev–Trinajstić information content (AvgIpc) is 2.54. The van der Waals surface area contributed by atoms with Gasteiger partial charge < -0.3 is 14.8 Å². The number of hydrogen-bond donors (Lipinski definition) is 1. The summed E-state index contributed by atoms with van der Waals surface area (Å²) in [4.78, 5) is 12.0. The van der Waals surface area contributed by atoms with Gasteiger partial charge >= 0.3 is 0 Å². The maximum Gasteiger partial charge on any atom is 0.260 e. The lowest BCUT2D eigenvalue weighted by atomic mass is 10.1. The van der Waals surface area contributed by atoms with Gasteiger partial charge in [0.2, 0.25) is 0 Å². The average molecular weight is 348 g/mol. The minimum Gasteiger partial charge on any atom is -0.492 e. The van der Waals surface area contributed by atoms with Gasteiger partial charge in [-0.2, -0.15) is 0 Å². The molecule has 0 radical (unpaired) electrons.